The predicted octanol–water partition coefficient (Wildman–Crippen LogP) is 7.91. The number of unbranched alkanes of at least 4 members (excludes halogenated alkanes) is 15. The van der Waals surface area contributed by atoms with Crippen molar-refractivity contribution in [2.75, 3.05) is 32.3 Å². The van der Waals surface area contributed by atoms with Gasteiger partial charge in [-0.1, -0.05) is 96.8 Å². The fourth-order valence-corrected chi connectivity index (χ4v) is 3.39. The quantitative estimate of drug-likeness (QED) is 0.130. The molecule has 0 amide bonds. The number of ether oxygens (including phenoxy) is 2. The lowest BCUT2D eigenvalue weighted by Crippen LogP contribution is -2.06. The summed E-state index contributed by atoms with van der Waals surface area (Å²) in [5.41, 5.74) is 0. The zero-order chi connectivity index (χ0) is 19.0. The highest BCUT2D eigenvalue weighted by Crippen LogP contribution is 2.12. The van der Waals surface area contributed by atoms with Crippen LogP contribution in [-0.2, 0) is 9.47 Å². The number of hydrogen-bond acceptors (Lipinski definition) is 2. The molecule has 0 N–H and O–H groups in total. The Kier molecular flexibility index (Phi) is 25.4. The Morgan fingerprint density at radius 2 is 0.769 bits per heavy atom. The lowest BCUT2D eigenvalue weighted by Gasteiger charge is -2.06. The van der Waals surface area contributed by atoms with Crippen LogP contribution in [0.1, 0.15) is 116 Å². The van der Waals surface area contributed by atoms with Crippen molar-refractivity contribution in [3.8, 4) is 0 Å². The van der Waals surface area contributed by atoms with Gasteiger partial charge in [-0.3, -0.25) is 0 Å². The smallest absolute Gasteiger partial charge is 0.0700 e. The van der Waals surface area contributed by atoms with Crippen LogP contribution < -0.4 is 0 Å². The van der Waals surface area contributed by atoms with Crippen LogP contribution in [0.15, 0.2) is 0 Å². The summed E-state index contributed by atoms with van der Waals surface area (Å²) in [6, 6.07) is 0. The van der Waals surface area contributed by atoms with Crippen LogP contribution in [0.4, 0.5) is 0 Å². The molecule has 3 heteroatoms. The van der Waals surface area contributed by atoms with E-state index in [1.165, 1.54) is 96.3 Å². The normalized spacial score (nSPS) is 11.3. The molecule has 0 atom stereocenters. The molecule has 0 unspecified atom stereocenters. The second kappa shape index (κ2) is 25.2. The number of alkyl halides is 1. The summed E-state index contributed by atoms with van der Waals surface area (Å²) in [6.07, 6.45) is 22.9. The Morgan fingerprint density at radius 1 is 0.423 bits per heavy atom. The van der Waals surface area contributed by atoms with Crippen molar-refractivity contribution in [3.63, 3.8) is 0 Å². The molecule has 0 aromatic heterocycles. The molecule has 0 aromatic carbocycles. The van der Waals surface area contributed by atoms with Crippen molar-refractivity contribution in [2.24, 2.45) is 0 Å². The maximum Gasteiger partial charge on any atom is 0.0700 e. The van der Waals surface area contributed by atoms with Crippen LogP contribution in [0.2, 0.25) is 0 Å². The molecule has 0 spiro atoms. The van der Waals surface area contributed by atoms with E-state index in [4.69, 9.17) is 21.1 Å². The van der Waals surface area contributed by atoms with Gasteiger partial charge in [0.25, 0.3) is 0 Å². The van der Waals surface area contributed by atoms with Crippen molar-refractivity contribution in [2.45, 2.75) is 116 Å². The van der Waals surface area contributed by atoms with E-state index in [9.17, 15) is 0 Å². The molecular weight excluding hydrogens is 344 g/mol. The zero-order valence-electron chi connectivity index (χ0n) is 17.8. The molecule has 26 heavy (non-hydrogen) atoms. The van der Waals surface area contributed by atoms with Crippen LogP contribution in [-0.4, -0.2) is 32.3 Å². The first-order chi connectivity index (χ1) is 12.9. The molecule has 0 saturated heterocycles. The lowest BCUT2D eigenvalue weighted by molar-refractivity contribution is 0.0449. The summed E-state index contributed by atoms with van der Waals surface area (Å²) in [6.45, 7) is 5.55. The Hall–Kier alpha value is 0.210. The first-order valence-corrected chi connectivity index (χ1v) is 12.2. The van der Waals surface area contributed by atoms with Gasteiger partial charge in [0, 0.05) is 19.1 Å². The Balaban J connectivity index is 2.95. The zero-order valence-corrected chi connectivity index (χ0v) is 18.5. The van der Waals surface area contributed by atoms with Crippen molar-refractivity contribution < 1.29 is 9.47 Å². The summed E-state index contributed by atoms with van der Waals surface area (Å²) in [4.78, 5) is 0. The van der Waals surface area contributed by atoms with Gasteiger partial charge in [-0.05, 0) is 19.3 Å². The summed E-state index contributed by atoms with van der Waals surface area (Å²) in [5.74, 6) is 0.786. The highest BCUT2D eigenvalue weighted by molar-refractivity contribution is 6.17. The average molecular weight is 391 g/mol. The monoisotopic (exact) mass is 390 g/mol. The van der Waals surface area contributed by atoms with Crippen LogP contribution in [0.25, 0.3) is 0 Å². The number of rotatable bonds is 23. The fourth-order valence-electron chi connectivity index (χ4n) is 3.20. The topological polar surface area (TPSA) is 18.5 Å². The molecule has 0 aliphatic heterocycles. The van der Waals surface area contributed by atoms with Gasteiger partial charge < -0.3 is 9.47 Å². The van der Waals surface area contributed by atoms with Crippen molar-refractivity contribution in [3.05, 3.63) is 0 Å². The van der Waals surface area contributed by atoms with E-state index < -0.39 is 0 Å². The van der Waals surface area contributed by atoms with Gasteiger partial charge in [0.2, 0.25) is 0 Å². The first-order valence-electron chi connectivity index (χ1n) is 11.6. The summed E-state index contributed by atoms with van der Waals surface area (Å²) < 4.78 is 11.2. The van der Waals surface area contributed by atoms with Crippen LogP contribution in [0, 0.1) is 0 Å². The minimum absolute atomic E-state index is 0.744. The van der Waals surface area contributed by atoms with E-state index in [1.54, 1.807) is 0 Å². The van der Waals surface area contributed by atoms with E-state index >= 15 is 0 Å². The fraction of sp³-hybridized carbons (Fsp3) is 1.00. The van der Waals surface area contributed by atoms with E-state index in [1.807, 2.05) is 0 Å². The molecule has 0 aliphatic carbocycles. The highest BCUT2D eigenvalue weighted by Gasteiger charge is 1.95. The van der Waals surface area contributed by atoms with Gasteiger partial charge in [-0.2, -0.15) is 0 Å². The molecule has 2 nitrogen and oxygen atoms in total. The van der Waals surface area contributed by atoms with Gasteiger partial charge >= 0.3 is 0 Å². The summed E-state index contributed by atoms with van der Waals surface area (Å²) in [5, 5.41) is 0. The third kappa shape index (κ3) is 24.2. The predicted molar refractivity (Wildman–Crippen MR) is 117 cm³/mol. The molecule has 0 bridgehead atoms. The Labute approximate surface area is 169 Å². The SMILES string of the molecule is CCCCCCCCCCCCCCCOCCOCCCCCCCl. The Morgan fingerprint density at radius 3 is 1.15 bits per heavy atom. The van der Waals surface area contributed by atoms with E-state index in [-0.39, 0.29) is 0 Å². The molecular formula is C23H47ClO2. The molecule has 0 radical (unpaired) electrons. The molecule has 0 heterocycles. The molecule has 0 fully saturated rings. The summed E-state index contributed by atoms with van der Waals surface area (Å²) >= 11 is 5.65. The third-order valence-corrected chi connectivity index (χ3v) is 5.20. The average Bonchev–Trinajstić information content (AvgIpc) is 2.66. The lowest BCUT2D eigenvalue weighted by atomic mass is 10.0. The van der Waals surface area contributed by atoms with Crippen molar-refractivity contribution in [1.29, 1.82) is 0 Å². The molecule has 0 rings (SSSR count). The van der Waals surface area contributed by atoms with Crippen LogP contribution in [0.5, 0.6) is 0 Å². The van der Waals surface area contributed by atoms with Gasteiger partial charge in [-0.15, -0.1) is 11.6 Å². The van der Waals surface area contributed by atoms with Gasteiger partial charge in [-0.25, -0.2) is 0 Å². The maximum atomic E-state index is 5.65. The second-order valence-corrected chi connectivity index (χ2v) is 7.95. The van der Waals surface area contributed by atoms with Gasteiger partial charge in [0.1, 0.15) is 0 Å². The first kappa shape index (κ1) is 26.2. The van der Waals surface area contributed by atoms with Gasteiger partial charge in [0.05, 0.1) is 13.2 Å². The van der Waals surface area contributed by atoms with Crippen LogP contribution in [0.3, 0.4) is 0 Å². The molecule has 0 aromatic rings. The minimum Gasteiger partial charge on any atom is -0.379 e. The number of hydrogen-bond donors (Lipinski definition) is 0. The van der Waals surface area contributed by atoms with E-state index in [0.29, 0.717) is 0 Å². The van der Waals surface area contributed by atoms with Crippen molar-refractivity contribution >= 4 is 11.6 Å². The minimum atomic E-state index is 0.744. The van der Waals surface area contributed by atoms with E-state index in [2.05, 4.69) is 6.92 Å². The third-order valence-electron chi connectivity index (χ3n) is 4.94. The van der Waals surface area contributed by atoms with Crippen molar-refractivity contribution in [1.82, 2.24) is 0 Å². The largest absolute Gasteiger partial charge is 0.379 e. The van der Waals surface area contributed by atoms with E-state index in [0.717, 1.165) is 45.1 Å². The van der Waals surface area contributed by atoms with Gasteiger partial charge in [0.15, 0.2) is 0 Å². The molecule has 158 valence electrons. The standard InChI is InChI=1S/C23H47ClO2/c1-2-3-4-5-6-7-8-9-10-11-12-14-17-20-25-22-23-26-21-18-15-13-16-19-24/h2-23H2,1H3. The molecule has 0 saturated carbocycles. The number of halogens is 1. The summed E-state index contributed by atoms with van der Waals surface area (Å²) in [7, 11) is 0. The van der Waals surface area contributed by atoms with Crippen LogP contribution >= 0.6 is 11.6 Å². The second-order valence-electron chi connectivity index (χ2n) is 7.57. The molecule has 0 aliphatic rings. The highest BCUT2D eigenvalue weighted by atomic mass is 35.5. The maximum absolute atomic E-state index is 5.65. The Bertz CT molecular complexity index is 212.